The molecule has 4 aromatic rings. The first-order valence-electron chi connectivity index (χ1n) is 9.62. The summed E-state index contributed by atoms with van der Waals surface area (Å²) in [5, 5.41) is 3.99. The highest BCUT2D eigenvalue weighted by Crippen LogP contribution is 2.24. The number of para-hydroxylation sites is 1. The lowest BCUT2D eigenvalue weighted by atomic mass is 10.1. The maximum absolute atomic E-state index is 12.9. The zero-order chi connectivity index (χ0) is 21.7. The fourth-order valence-electron chi connectivity index (χ4n) is 2.97. The molecule has 0 aliphatic carbocycles. The molecule has 9 heteroatoms. The Morgan fingerprint density at radius 1 is 1.00 bits per heavy atom. The van der Waals surface area contributed by atoms with Crippen LogP contribution in [0.4, 0.5) is 5.69 Å². The summed E-state index contributed by atoms with van der Waals surface area (Å²) in [5.74, 6) is 1.44. The van der Waals surface area contributed by atoms with Crippen LogP contribution in [0.1, 0.15) is 18.4 Å². The number of hydrogen-bond acceptors (Lipinski definition) is 7. The minimum atomic E-state index is -3.78. The first-order chi connectivity index (χ1) is 15.0. The summed E-state index contributed by atoms with van der Waals surface area (Å²) in [4.78, 5) is 8.52. The molecule has 0 atom stereocenters. The lowest BCUT2D eigenvalue weighted by Crippen LogP contribution is -2.14. The number of anilines is 1. The Morgan fingerprint density at radius 2 is 1.74 bits per heavy atom. The van der Waals surface area contributed by atoms with E-state index in [1.54, 1.807) is 48.8 Å². The van der Waals surface area contributed by atoms with Gasteiger partial charge in [0.2, 0.25) is 11.7 Å². The number of ether oxygens (including phenoxy) is 1. The minimum absolute atomic E-state index is 0.142. The quantitative estimate of drug-likeness (QED) is 0.446. The number of sulfonamides is 1. The highest BCUT2D eigenvalue weighted by atomic mass is 32.2. The van der Waals surface area contributed by atoms with E-state index in [9.17, 15) is 8.42 Å². The molecule has 2 aromatic heterocycles. The molecule has 0 unspecified atom stereocenters. The van der Waals surface area contributed by atoms with E-state index < -0.39 is 10.0 Å². The van der Waals surface area contributed by atoms with Crippen molar-refractivity contribution >= 4 is 15.7 Å². The molecule has 8 nitrogen and oxygen atoms in total. The zero-order valence-corrected chi connectivity index (χ0v) is 17.5. The zero-order valence-electron chi connectivity index (χ0n) is 16.7. The second-order valence-corrected chi connectivity index (χ2v) is 8.27. The highest BCUT2D eigenvalue weighted by Gasteiger charge is 2.17. The third kappa shape index (κ3) is 4.89. The van der Waals surface area contributed by atoms with Gasteiger partial charge < -0.3 is 9.26 Å². The summed E-state index contributed by atoms with van der Waals surface area (Å²) in [6.45, 7) is 2.38. The Kier molecular flexibility index (Phi) is 5.94. The van der Waals surface area contributed by atoms with E-state index in [0.29, 0.717) is 35.3 Å². The van der Waals surface area contributed by atoms with Gasteiger partial charge in [0.15, 0.2) is 0 Å². The Labute approximate surface area is 180 Å². The molecule has 0 aliphatic rings. The van der Waals surface area contributed by atoms with Crippen molar-refractivity contribution in [1.29, 1.82) is 0 Å². The van der Waals surface area contributed by atoms with E-state index in [0.717, 1.165) is 5.56 Å². The van der Waals surface area contributed by atoms with Gasteiger partial charge in [-0.25, -0.2) is 8.42 Å². The molecule has 158 valence electrons. The average Bonchev–Trinajstić information content (AvgIpc) is 3.25. The predicted octanol–water partition coefficient (Wildman–Crippen LogP) is 3.92. The average molecular weight is 436 g/mol. The molecule has 0 aliphatic heterocycles. The number of hydrogen-bond donors (Lipinski definition) is 1. The van der Waals surface area contributed by atoms with E-state index in [-0.39, 0.29) is 11.3 Å². The lowest BCUT2D eigenvalue weighted by Gasteiger charge is -2.12. The fraction of sp³-hybridized carbons (Fsp3) is 0.136. The van der Waals surface area contributed by atoms with Gasteiger partial charge in [0, 0.05) is 18.0 Å². The SMILES string of the molecule is CCOc1ccc(S(=O)(=O)Nc2ccccc2Cc2nc(-c3ccncc3)no2)cc1. The van der Waals surface area contributed by atoms with E-state index in [4.69, 9.17) is 9.26 Å². The Morgan fingerprint density at radius 3 is 2.48 bits per heavy atom. The third-order valence-corrected chi connectivity index (χ3v) is 5.84. The molecular weight excluding hydrogens is 416 g/mol. The summed E-state index contributed by atoms with van der Waals surface area (Å²) in [5.41, 5.74) is 1.94. The van der Waals surface area contributed by atoms with Crippen molar-refractivity contribution in [2.75, 3.05) is 11.3 Å². The molecule has 2 aromatic carbocycles. The second kappa shape index (κ2) is 8.97. The van der Waals surface area contributed by atoms with Crippen molar-refractivity contribution in [3.63, 3.8) is 0 Å². The van der Waals surface area contributed by atoms with E-state index in [1.165, 1.54) is 12.1 Å². The van der Waals surface area contributed by atoms with Crippen molar-refractivity contribution < 1.29 is 17.7 Å². The van der Waals surface area contributed by atoms with Gasteiger partial charge in [-0.3, -0.25) is 9.71 Å². The first kappa shape index (κ1) is 20.5. The topological polar surface area (TPSA) is 107 Å². The molecule has 0 amide bonds. The lowest BCUT2D eigenvalue weighted by molar-refractivity contribution is 0.340. The van der Waals surface area contributed by atoms with Gasteiger partial charge in [-0.05, 0) is 55.0 Å². The van der Waals surface area contributed by atoms with Crippen LogP contribution in [0, 0.1) is 0 Å². The number of nitrogens with one attached hydrogen (secondary N) is 1. The van der Waals surface area contributed by atoms with Crippen LogP contribution < -0.4 is 9.46 Å². The minimum Gasteiger partial charge on any atom is -0.494 e. The molecule has 0 fully saturated rings. The van der Waals surface area contributed by atoms with Gasteiger partial charge in [0.25, 0.3) is 10.0 Å². The predicted molar refractivity (Wildman–Crippen MR) is 115 cm³/mol. The Hall–Kier alpha value is -3.72. The van der Waals surface area contributed by atoms with Gasteiger partial charge in [0.05, 0.1) is 23.6 Å². The molecular formula is C22H20N4O4S. The van der Waals surface area contributed by atoms with Gasteiger partial charge >= 0.3 is 0 Å². The highest BCUT2D eigenvalue weighted by molar-refractivity contribution is 7.92. The largest absolute Gasteiger partial charge is 0.494 e. The Bertz CT molecular complexity index is 1260. The molecule has 0 saturated heterocycles. The normalized spacial score (nSPS) is 11.3. The van der Waals surface area contributed by atoms with Crippen molar-refractivity contribution in [1.82, 2.24) is 15.1 Å². The first-order valence-corrected chi connectivity index (χ1v) is 11.1. The fourth-order valence-corrected chi connectivity index (χ4v) is 4.07. The molecule has 4 rings (SSSR count). The van der Waals surface area contributed by atoms with Crippen LogP contribution in [0.25, 0.3) is 11.4 Å². The molecule has 2 heterocycles. The Balaban J connectivity index is 1.54. The molecule has 0 radical (unpaired) electrons. The molecule has 0 saturated carbocycles. The monoisotopic (exact) mass is 436 g/mol. The van der Waals surface area contributed by atoms with E-state index in [2.05, 4.69) is 19.8 Å². The van der Waals surface area contributed by atoms with Crippen molar-refractivity contribution in [2.45, 2.75) is 18.2 Å². The standard InChI is InChI=1S/C22H20N4O4S/c1-2-29-18-7-9-19(10-8-18)31(27,28)26-20-6-4-3-5-17(20)15-21-24-22(25-30-21)16-11-13-23-14-12-16/h3-14,26H,2,15H2,1H3. The van der Waals surface area contributed by atoms with Crippen molar-refractivity contribution in [3.8, 4) is 17.1 Å². The van der Waals surface area contributed by atoms with Gasteiger partial charge in [-0.2, -0.15) is 4.98 Å². The van der Waals surface area contributed by atoms with Crippen LogP contribution in [0.15, 0.2) is 82.5 Å². The van der Waals surface area contributed by atoms with E-state index in [1.807, 2.05) is 19.1 Å². The summed E-state index contributed by atoms with van der Waals surface area (Å²) < 4.78 is 39.1. The number of benzene rings is 2. The van der Waals surface area contributed by atoms with Crippen LogP contribution in [-0.2, 0) is 16.4 Å². The third-order valence-electron chi connectivity index (χ3n) is 4.46. The number of nitrogens with zero attached hydrogens (tertiary/aromatic N) is 3. The summed E-state index contributed by atoms with van der Waals surface area (Å²) in [6, 6.07) is 16.9. The van der Waals surface area contributed by atoms with Gasteiger partial charge in [-0.1, -0.05) is 23.4 Å². The smallest absolute Gasteiger partial charge is 0.261 e. The maximum Gasteiger partial charge on any atom is 0.261 e. The van der Waals surface area contributed by atoms with Crippen LogP contribution in [-0.4, -0.2) is 30.1 Å². The molecule has 0 bridgehead atoms. The van der Waals surface area contributed by atoms with Crippen LogP contribution in [0.3, 0.4) is 0 Å². The summed E-state index contributed by atoms with van der Waals surface area (Å²) in [6.07, 6.45) is 3.58. The summed E-state index contributed by atoms with van der Waals surface area (Å²) >= 11 is 0. The maximum atomic E-state index is 12.9. The van der Waals surface area contributed by atoms with Gasteiger partial charge in [-0.15, -0.1) is 0 Å². The number of pyridine rings is 1. The molecule has 31 heavy (non-hydrogen) atoms. The van der Waals surface area contributed by atoms with Crippen LogP contribution in [0.5, 0.6) is 5.75 Å². The van der Waals surface area contributed by atoms with Crippen LogP contribution in [0.2, 0.25) is 0 Å². The van der Waals surface area contributed by atoms with E-state index >= 15 is 0 Å². The van der Waals surface area contributed by atoms with Crippen molar-refractivity contribution in [2.24, 2.45) is 0 Å². The molecule has 0 spiro atoms. The van der Waals surface area contributed by atoms with Crippen molar-refractivity contribution in [3.05, 3.63) is 84.5 Å². The van der Waals surface area contributed by atoms with Crippen LogP contribution >= 0.6 is 0 Å². The van der Waals surface area contributed by atoms with Gasteiger partial charge in [0.1, 0.15) is 5.75 Å². The summed E-state index contributed by atoms with van der Waals surface area (Å²) in [7, 11) is -3.78. The second-order valence-electron chi connectivity index (χ2n) is 6.59. The molecule has 1 N–H and O–H groups in total. The number of aromatic nitrogens is 3. The number of rotatable bonds is 8.